The highest BCUT2D eigenvalue weighted by molar-refractivity contribution is 6.01. The zero-order valence-electron chi connectivity index (χ0n) is 14.4. The number of carbonyl (C=O) groups is 1. The van der Waals surface area contributed by atoms with Crippen LogP contribution in [0.3, 0.4) is 0 Å². The summed E-state index contributed by atoms with van der Waals surface area (Å²) in [6.45, 7) is -0.137. The Labute approximate surface area is 157 Å². The Balaban J connectivity index is 1.46. The lowest BCUT2D eigenvalue weighted by Gasteiger charge is -2.06. The fourth-order valence-corrected chi connectivity index (χ4v) is 2.58. The first-order valence-corrected chi connectivity index (χ1v) is 8.35. The maximum Gasteiger partial charge on any atom is 0.293 e. The Bertz CT molecular complexity index is 1180. The van der Waals surface area contributed by atoms with E-state index in [-0.39, 0.29) is 24.1 Å². The van der Waals surface area contributed by atoms with E-state index in [0.29, 0.717) is 11.1 Å². The number of rotatable bonds is 5. The van der Waals surface area contributed by atoms with E-state index in [1.807, 2.05) is 18.2 Å². The highest BCUT2D eigenvalue weighted by atomic mass is 19.1. The van der Waals surface area contributed by atoms with Crippen LogP contribution in [0.1, 0.15) is 16.1 Å². The van der Waals surface area contributed by atoms with Gasteiger partial charge in [0.2, 0.25) is 17.1 Å². The van der Waals surface area contributed by atoms with E-state index >= 15 is 0 Å². The van der Waals surface area contributed by atoms with Gasteiger partial charge in [0.25, 0.3) is 5.91 Å². The first-order valence-electron chi connectivity index (χ1n) is 8.35. The molecule has 140 valence electrons. The lowest BCUT2D eigenvalue weighted by Crippen LogP contribution is -2.16. The lowest BCUT2D eigenvalue weighted by molar-refractivity contribution is 0.0992. The second-order valence-electron chi connectivity index (χ2n) is 5.91. The van der Waals surface area contributed by atoms with Crippen molar-refractivity contribution < 1.29 is 18.3 Å². The molecule has 4 rings (SSSR count). The van der Waals surface area contributed by atoms with Crippen molar-refractivity contribution in [3.05, 3.63) is 88.2 Å². The van der Waals surface area contributed by atoms with Crippen molar-refractivity contribution in [1.82, 2.24) is 9.97 Å². The summed E-state index contributed by atoms with van der Waals surface area (Å²) in [6, 6.07) is 14.4. The molecule has 28 heavy (non-hydrogen) atoms. The van der Waals surface area contributed by atoms with Gasteiger partial charge in [-0.25, -0.2) is 9.37 Å². The van der Waals surface area contributed by atoms with Gasteiger partial charge in [-0.15, -0.1) is 0 Å². The minimum absolute atomic E-state index is 0.122. The number of benzene rings is 2. The van der Waals surface area contributed by atoms with Crippen LogP contribution < -0.4 is 15.5 Å². The summed E-state index contributed by atoms with van der Waals surface area (Å²) in [6.07, 6.45) is 1.02. The number of imidazole rings is 1. The Hall–Kier alpha value is -3.94. The van der Waals surface area contributed by atoms with Crippen LogP contribution in [0.4, 0.5) is 10.3 Å². The molecule has 7 nitrogen and oxygen atoms in total. The van der Waals surface area contributed by atoms with Crippen LogP contribution in [0, 0.1) is 5.82 Å². The third kappa shape index (κ3) is 3.61. The van der Waals surface area contributed by atoms with E-state index < -0.39 is 17.2 Å². The second kappa shape index (κ2) is 7.36. The molecule has 0 spiro atoms. The number of nitrogens with zero attached hydrogens (tertiary/aromatic N) is 1. The lowest BCUT2D eigenvalue weighted by atomic mass is 10.2. The van der Waals surface area contributed by atoms with E-state index in [1.165, 1.54) is 6.07 Å². The zero-order valence-corrected chi connectivity index (χ0v) is 14.4. The van der Waals surface area contributed by atoms with Crippen molar-refractivity contribution in [2.45, 2.75) is 6.61 Å². The van der Waals surface area contributed by atoms with Gasteiger partial charge in [-0.2, -0.15) is 0 Å². The standard InChI is InChI=1S/C20H14FN3O4/c21-13-6-2-1-5-12(13)10-27-18-11-28-17(9-16(18)25)19(26)24-20-22-14-7-3-4-8-15(14)23-20/h1-9,11H,10H2,(H2,22,23,24,26). The predicted molar refractivity (Wildman–Crippen MR) is 99.8 cm³/mol. The van der Waals surface area contributed by atoms with Crippen molar-refractivity contribution in [2.75, 3.05) is 5.32 Å². The summed E-state index contributed by atoms with van der Waals surface area (Å²) >= 11 is 0. The smallest absolute Gasteiger partial charge is 0.293 e. The molecule has 0 saturated heterocycles. The molecule has 2 N–H and O–H groups in total. The number of nitrogens with one attached hydrogen (secondary N) is 2. The molecule has 2 heterocycles. The van der Waals surface area contributed by atoms with Gasteiger partial charge in [0.1, 0.15) is 18.7 Å². The molecule has 1 amide bonds. The molecular formula is C20H14FN3O4. The van der Waals surface area contributed by atoms with Crippen LogP contribution in [0.25, 0.3) is 11.0 Å². The molecule has 0 aliphatic carbocycles. The first kappa shape index (κ1) is 17.5. The number of halogens is 1. The molecule has 8 heteroatoms. The highest BCUT2D eigenvalue weighted by Crippen LogP contribution is 2.15. The Kier molecular flexibility index (Phi) is 4.59. The van der Waals surface area contributed by atoms with E-state index in [1.54, 1.807) is 24.3 Å². The monoisotopic (exact) mass is 379 g/mol. The molecule has 0 aliphatic rings. The van der Waals surface area contributed by atoms with Gasteiger partial charge in [0, 0.05) is 11.6 Å². The average molecular weight is 379 g/mol. The molecule has 0 atom stereocenters. The molecule has 0 saturated carbocycles. The minimum atomic E-state index is -0.642. The number of amides is 1. The Morgan fingerprint density at radius 3 is 2.75 bits per heavy atom. The summed E-state index contributed by atoms with van der Waals surface area (Å²) in [5.41, 5.74) is 1.19. The van der Waals surface area contributed by atoms with Crippen molar-refractivity contribution in [2.24, 2.45) is 0 Å². The van der Waals surface area contributed by atoms with Crippen molar-refractivity contribution >= 4 is 22.9 Å². The normalized spacial score (nSPS) is 10.8. The molecule has 2 aromatic carbocycles. The fourth-order valence-electron chi connectivity index (χ4n) is 2.58. The van der Waals surface area contributed by atoms with Gasteiger partial charge in [0.15, 0.2) is 5.76 Å². The SMILES string of the molecule is O=C(Nc1nc2ccccc2[nH]1)c1cc(=O)c(OCc2ccccc2F)co1. The highest BCUT2D eigenvalue weighted by Gasteiger charge is 2.14. The molecule has 0 fully saturated rings. The number of hydrogen-bond acceptors (Lipinski definition) is 5. The van der Waals surface area contributed by atoms with Crippen LogP contribution in [0.15, 0.2) is 70.1 Å². The molecule has 0 aliphatic heterocycles. The van der Waals surface area contributed by atoms with E-state index in [9.17, 15) is 14.0 Å². The number of carbonyl (C=O) groups excluding carboxylic acids is 1. The third-order valence-corrected chi connectivity index (χ3v) is 3.98. The summed E-state index contributed by atoms with van der Waals surface area (Å²) in [5, 5.41) is 2.53. The van der Waals surface area contributed by atoms with Crippen molar-refractivity contribution in [3.63, 3.8) is 0 Å². The van der Waals surface area contributed by atoms with Gasteiger partial charge in [-0.3, -0.25) is 14.9 Å². The van der Waals surface area contributed by atoms with Crippen LogP contribution >= 0.6 is 0 Å². The van der Waals surface area contributed by atoms with Crippen LogP contribution in [-0.2, 0) is 6.61 Å². The second-order valence-corrected chi connectivity index (χ2v) is 5.91. The number of anilines is 1. The van der Waals surface area contributed by atoms with Gasteiger partial charge in [-0.1, -0.05) is 30.3 Å². The zero-order chi connectivity index (χ0) is 19.5. The van der Waals surface area contributed by atoms with Crippen LogP contribution in [0.5, 0.6) is 5.75 Å². The van der Waals surface area contributed by atoms with Crippen molar-refractivity contribution in [1.29, 1.82) is 0 Å². The number of fused-ring (bicyclic) bond motifs is 1. The number of para-hydroxylation sites is 2. The number of ether oxygens (including phenoxy) is 1. The van der Waals surface area contributed by atoms with Crippen LogP contribution in [-0.4, -0.2) is 15.9 Å². The third-order valence-electron chi connectivity index (χ3n) is 3.98. The maximum absolute atomic E-state index is 13.6. The van der Waals surface area contributed by atoms with Gasteiger partial charge in [0.05, 0.1) is 11.0 Å². The van der Waals surface area contributed by atoms with Gasteiger partial charge in [-0.05, 0) is 18.2 Å². The summed E-state index contributed by atoms with van der Waals surface area (Å²) < 4.78 is 24.1. The number of H-pyrrole nitrogens is 1. The largest absolute Gasteiger partial charge is 0.482 e. The number of aromatic amines is 1. The summed E-state index contributed by atoms with van der Waals surface area (Å²) in [5.74, 6) is -1.17. The topological polar surface area (TPSA) is 97.2 Å². The fraction of sp³-hybridized carbons (Fsp3) is 0.0500. The molecule has 4 aromatic rings. The summed E-state index contributed by atoms with van der Waals surface area (Å²) in [7, 11) is 0. The quantitative estimate of drug-likeness (QED) is 0.553. The van der Waals surface area contributed by atoms with Crippen LogP contribution in [0.2, 0.25) is 0 Å². The first-order chi connectivity index (χ1) is 13.6. The molecule has 0 radical (unpaired) electrons. The maximum atomic E-state index is 13.6. The Morgan fingerprint density at radius 2 is 1.96 bits per heavy atom. The minimum Gasteiger partial charge on any atom is -0.482 e. The molecule has 0 bridgehead atoms. The van der Waals surface area contributed by atoms with Gasteiger partial charge >= 0.3 is 0 Å². The van der Waals surface area contributed by atoms with E-state index in [0.717, 1.165) is 17.8 Å². The summed E-state index contributed by atoms with van der Waals surface area (Å²) in [4.78, 5) is 31.6. The number of aromatic nitrogens is 2. The van der Waals surface area contributed by atoms with Gasteiger partial charge < -0.3 is 14.1 Å². The van der Waals surface area contributed by atoms with Crippen molar-refractivity contribution in [3.8, 4) is 5.75 Å². The Morgan fingerprint density at radius 1 is 1.18 bits per heavy atom. The number of hydrogen-bond donors (Lipinski definition) is 2. The average Bonchev–Trinajstić information content (AvgIpc) is 3.10. The van der Waals surface area contributed by atoms with E-state index in [2.05, 4.69) is 15.3 Å². The molecule has 2 aromatic heterocycles. The van der Waals surface area contributed by atoms with E-state index in [4.69, 9.17) is 9.15 Å². The molecular weight excluding hydrogens is 365 g/mol. The predicted octanol–water partition coefficient (Wildman–Crippen LogP) is 3.49. The molecule has 0 unspecified atom stereocenters.